The highest BCUT2D eigenvalue weighted by Gasteiger charge is 2.61. The second-order valence-corrected chi connectivity index (χ2v) is 24.3. The van der Waals surface area contributed by atoms with Crippen LogP contribution >= 0.6 is 0 Å². The maximum atomic E-state index is 14.9. The highest BCUT2D eigenvalue weighted by Crippen LogP contribution is 2.40. The Labute approximate surface area is 604 Å². The van der Waals surface area contributed by atoms with Crippen LogP contribution in [0.1, 0.15) is 100 Å². The standard InChI is InChI=1S/C73H77NO32/c1-37(75)74-53-58(94-41(5)79)55(104-73-64(96-43(7)81)61(95-42(6)80)56(93-40(4)78)52(100-73)35-90-39(3)77)51(34-89-38(2)76)99-71(53)106-59-54(82)49(33-91-65(83)44-23-13-8-14-24-44)98-72(63(59)103-69(87)48-31-21-12-22-32-48)105-57-50(36-92-66(84)45-25-15-9-16-26-45)97-70(88)62(102-68(86)47-29-19-11-20-30-47)60(57)101-67(85)46-27-17-10-18-28-46/h8-32,49-64,70-73,82,88H,33-36H2,1-7H3,(H,74,75). The molecule has 5 aromatic carbocycles. The van der Waals surface area contributed by atoms with E-state index in [1.165, 1.54) is 121 Å². The van der Waals surface area contributed by atoms with Crippen LogP contribution in [0, 0.1) is 0 Å². The van der Waals surface area contributed by atoms with Crippen LogP contribution in [0.25, 0.3) is 0 Å². The van der Waals surface area contributed by atoms with E-state index in [0.29, 0.717) is 0 Å². The number of aliphatic hydroxyl groups excluding tert-OH is 2. The molecule has 1 amide bonds. The second-order valence-electron chi connectivity index (χ2n) is 24.3. The summed E-state index contributed by atoms with van der Waals surface area (Å²) >= 11 is 0. The van der Waals surface area contributed by atoms with E-state index in [9.17, 15) is 67.7 Å². The first-order chi connectivity index (χ1) is 50.7. The summed E-state index contributed by atoms with van der Waals surface area (Å²) < 4.78 is 110. The summed E-state index contributed by atoms with van der Waals surface area (Å²) in [5, 5.41) is 27.7. The van der Waals surface area contributed by atoms with E-state index < -0.39 is 221 Å². The van der Waals surface area contributed by atoms with Gasteiger partial charge in [0.05, 0.1) is 27.8 Å². The van der Waals surface area contributed by atoms with Crippen LogP contribution in [0.3, 0.4) is 0 Å². The van der Waals surface area contributed by atoms with Gasteiger partial charge in [0.25, 0.3) is 0 Å². The zero-order valence-electron chi connectivity index (χ0n) is 58.0. The Balaban J connectivity index is 1.20. The van der Waals surface area contributed by atoms with Gasteiger partial charge in [-0.2, -0.15) is 0 Å². The topological polar surface area (TPSA) is 423 Å². The minimum atomic E-state index is -2.33. The Morgan fingerprint density at radius 2 is 0.604 bits per heavy atom. The third-order valence-electron chi connectivity index (χ3n) is 16.4. The molecule has 3 N–H and O–H groups in total. The normalized spacial score (nSPS) is 28.2. The average Bonchev–Trinajstić information content (AvgIpc) is 0.763. The highest BCUT2D eigenvalue weighted by atomic mass is 16.8. The maximum absolute atomic E-state index is 14.9. The van der Waals surface area contributed by atoms with Gasteiger partial charge in [-0.3, -0.25) is 33.6 Å². The molecule has 0 aromatic heterocycles. The molecular formula is C73H77NO32. The number of amides is 1. The van der Waals surface area contributed by atoms with Crippen molar-refractivity contribution in [2.24, 2.45) is 0 Å². The third-order valence-corrected chi connectivity index (χ3v) is 16.4. The third kappa shape index (κ3) is 21.3. The summed E-state index contributed by atoms with van der Waals surface area (Å²) in [6.45, 7) is 3.29. The lowest BCUT2D eigenvalue weighted by Gasteiger charge is -2.51. The van der Waals surface area contributed by atoms with Gasteiger partial charge in [0.1, 0.15) is 81.3 Å². The average molecular weight is 1480 g/mol. The Bertz CT molecular complexity index is 3870. The number of benzene rings is 5. The van der Waals surface area contributed by atoms with E-state index in [1.54, 1.807) is 30.3 Å². The molecule has 33 nitrogen and oxygen atoms in total. The predicted molar refractivity (Wildman–Crippen MR) is 351 cm³/mol. The van der Waals surface area contributed by atoms with Crippen LogP contribution in [0.15, 0.2) is 152 Å². The second kappa shape index (κ2) is 37.4. The molecule has 0 bridgehead atoms. The van der Waals surface area contributed by atoms with Crippen molar-refractivity contribution < 1.29 is 153 Å². The Hall–Kier alpha value is -10.6. The number of rotatable bonds is 27. The van der Waals surface area contributed by atoms with Crippen molar-refractivity contribution in [1.29, 1.82) is 0 Å². The summed E-state index contributed by atoms with van der Waals surface area (Å²) in [4.78, 5) is 163. The molecule has 4 heterocycles. The molecular weight excluding hydrogens is 1400 g/mol. The number of nitrogens with one attached hydrogen (secondary N) is 1. The van der Waals surface area contributed by atoms with Gasteiger partial charge in [-0.15, -0.1) is 0 Å². The van der Waals surface area contributed by atoms with Crippen LogP contribution in [0.2, 0.25) is 0 Å². The van der Waals surface area contributed by atoms with Crippen molar-refractivity contribution in [2.75, 3.05) is 26.4 Å². The summed E-state index contributed by atoms with van der Waals surface area (Å²) in [7, 11) is 0. The first-order valence-electron chi connectivity index (χ1n) is 33.1. The fourth-order valence-electron chi connectivity index (χ4n) is 11.8. The lowest BCUT2D eigenvalue weighted by molar-refractivity contribution is -0.379. The lowest BCUT2D eigenvalue weighted by atomic mass is 9.93. The van der Waals surface area contributed by atoms with E-state index in [-0.39, 0.29) is 27.8 Å². The van der Waals surface area contributed by atoms with Crippen LogP contribution in [-0.4, -0.2) is 231 Å². The Morgan fingerprint density at radius 3 is 1.03 bits per heavy atom. The van der Waals surface area contributed by atoms with Gasteiger partial charge in [-0.1, -0.05) is 91.0 Å². The minimum Gasteiger partial charge on any atom is -0.463 e. The number of aliphatic hydroxyl groups is 2. The lowest BCUT2D eigenvalue weighted by Crippen LogP contribution is -2.71. The molecule has 4 aliphatic rings. The fraction of sp³-hybridized carbons (Fsp3) is 0.425. The number of hydrogen-bond acceptors (Lipinski definition) is 32. The molecule has 5 aromatic rings. The van der Waals surface area contributed by atoms with Crippen LogP contribution in [0.5, 0.6) is 0 Å². The number of esters is 11. The van der Waals surface area contributed by atoms with Crippen LogP contribution in [0.4, 0.5) is 0 Å². The van der Waals surface area contributed by atoms with Crippen molar-refractivity contribution in [3.05, 3.63) is 179 Å². The summed E-state index contributed by atoms with van der Waals surface area (Å²) in [5.41, 5.74) is -0.326. The molecule has 20 atom stereocenters. The molecule has 0 radical (unpaired) electrons. The Morgan fingerprint density at radius 1 is 0.302 bits per heavy atom. The van der Waals surface area contributed by atoms with Gasteiger partial charge < -0.3 is 101 Å². The molecule has 0 saturated carbocycles. The van der Waals surface area contributed by atoms with Crippen molar-refractivity contribution >= 4 is 71.6 Å². The molecule has 566 valence electrons. The zero-order chi connectivity index (χ0) is 76.3. The van der Waals surface area contributed by atoms with E-state index >= 15 is 0 Å². The van der Waals surface area contributed by atoms with E-state index in [0.717, 1.165) is 48.5 Å². The van der Waals surface area contributed by atoms with Gasteiger partial charge in [-0.05, 0) is 60.7 Å². The SMILES string of the molecule is CC(=O)NC1C(OC2C(O)C(COC(=O)c3ccccc3)OC(OC3C(COC(=O)c4ccccc4)OC(O)C(OC(=O)c4ccccc4)C3OC(=O)c3ccccc3)C2OC(=O)c2ccccc2)OC(COC(C)=O)C(OC2OC(COC(C)=O)C(OC(C)=O)C(OC(C)=O)C2OC(C)=O)C1OC(C)=O. The summed E-state index contributed by atoms with van der Waals surface area (Å²) in [6, 6.07) is 34.8. The molecule has 0 spiro atoms. The van der Waals surface area contributed by atoms with E-state index in [1.807, 2.05) is 0 Å². The molecule has 9 rings (SSSR count). The minimum absolute atomic E-state index is 0.00210. The molecule has 20 unspecified atom stereocenters. The molecule has 33 heteroatoms. The van der Waals surface area contributed by atoms with Crippen molar-refractivity contribution in [2.45, 2.75) is 171 Å². The quantitative estimate of drug-likeness (QED) is 0.0502. The largest absolute Gasteiger partial charge is 0.463 e. The number of hydrogen-bond donors (Lipinski definition) is 3. The molecule has 4 aliphatic heterocycles. The van der Waals surface area contributed by atoms with Gasteiger partial charge in [-0.25, -0.2) is 24.0 Å². The number of carbonyl (C=O) groups excluding carboxylic acids is 12. The van der Waals surface area contributed by atoms with Crippen molar-refractivity contribution in [3.8, 4) is 0 Å². The van der Waals surface area contributed by atoms with E-state index in [4.69, 9.17) is 85.3 Å². The summed E-state index contributed by atoms with van der Waals surface area (Å²) in [5.74, 6) is -12.4. The van der Waals surface area contributed by atoms with Crippen LogP contribution in [-0.2, 0) is 119 Å². The van der Waals surface area contributed by atoms with E-state index in [2.05, 4.69) is 5.32 Å². The Kier molecular flexibility index (Phi) is 28.0. The summed E-state index contributed by atoms with van der Waals surface area (Å²) in [6.07, 6.45) is -38.9. The fourth-order valence-corrected chi connectivity index (χ4v) is 11.8. The monoisotopic (exact) mass is 1480 g/mol. The first-order valence-corrected chi connectivity index (χ1v) is 33.1. The van der Waals surface area contributed by atoms with Crippen LogP contribution < -0.4 is 5.32 Å². The molecule has 0 aliphatic carbocycles. The van der Waals surface area contributed by atoms with Gasteiger partial charge in [0, 0.05) is 48.5 Å². The molecule has 106 heavy (non-hydrogen) atoms. The zero-order valence-corrected chi connectivity index (χ0v) is 58.0. The maximum Gasteiger partial charge on any atom is 0.338 e. The van der Waals surface area contributed by atoms with Gasteiger partial charge in [0.2, 0.25) is 5.91 Å². The highest BCUT2D eigenvalue weighted by molar-refractivity contribution is 5.92. The predicted octanol–water partition coefficient (Wildman–Crippen LogP) is 3.14. The smallest absolute Gasteiger partial charge is 0.338 e. The number of carbonyl (C=O) groups is 12. The van der Waals surface area contributed by atoms with Crippen molar-refractivity contribution in [1.82, 2.24) is 5.32 Å². The van der Waals surface area contributed by atoms with Gasteiger partial charge >= 0.3 is 65.7 Å². The number of ether oxygens (including phenoxy) is 18. The van der Waals surface area contributed by atoms with Gasteiger partial charge in [0.15, 0.2) is 67.9 Å². The first kappa shape index (κ1) is 79.5. The molecule has 4 saturated heterocycles. The van der Waals surface area contributed by atoms with Crippen molar-refractivity contribution in [3.63, 3.8) is 0 Å². The molecule has 4 fully saturated rings.